The molecule has 15 heteroatoms. The summed E-state index contributed by atoms with van der Waals surface area (Å²) in [5.41, 5.74) is -3.65. The van der Waals surface area contributed by atoms with Crippen molar-refractivity contribution < 1.29 is 18.4 Å². The van der Waals surface area contributed by atoms with Gasteiger partial charge in [-0.15, -0.1) is 11.3 Å². The summed E-state index contributed by atoms with van der Waals surface area (Å²) in [5.74, 6) is -0.732. The van der Waals surface area contributed by atoms with Gasteiger partial charge in [0, 0.05) is 30.2 Å². The summed E-state index contributed by atoms with van der Waals surface area (Å²) in [6.45, 7) is 1.70. The fourth-order valence-electron chi connectivity index (χ4n) is 2.87. The lowest BCUT2D eigenvalue weighted by Crippen LogP contribution is -2.27. The second-order valence-electron chi connectivity index (χ2n) is 7.10. The van der Waals surface area contributed by atoms with Gasteiger partial charge in [0.2, 0.25) is 0 Å². The molecule has 0 saturated heterocycles. The third-order valence-corrected chi connectivity index (χ3v) is 6.34. The van der Waals surface area contributed by atoms with Crippen LogP contribution in [0.5, 0.6) is 0 Å². The highest BCUT2D eigenvalue weighted by Gasteiger charge is 2.28. The van der Waals surface area contributed by atoms with E-state index in [1.165, 1.54) is 32.5 Å². The Kier molecular flexibility index (Phi) is 7.10. The predicted octanol–water partition coefficient (Wildman–Crippen LogP) is 3.83. The molecule has 0 aliphatic carbocycles. The van der Waals surface area contributed by atoms with Crippen molar-refractivity contribution in [1.82, 2.24) is 35.0 Å². The van der Waals surface area contributed by atoms with Crippen molar-refractivity contribution in [2.45, 2.75) is 18.6 Å². The molecule has 4 aromatic heterocycles. The zero-order chi connectivity index (χ0) is 25.2. The molecule has 2 amide bonds. The van der Waals surface area contributed by atoms with Gasteiger partial charge in [0.1, 0.15) is 27.7 Å². The Hall–Kier alpha value is -3.41. The minimum Gasteiger partial charge on any atom is -0.342 e. The molecule has 35 heavy (non-hydrogen) atoms. The molecule has 180 valence electrons. The molecule has 0 radical (unpaired) electrons. The van der Waals surface area contributed by atoms with E-state index < -0.39 is 29.1 Å². The van der Waals surface area contributed by atoms with E-state index >= 15 is 0 Å². The van der Waals surface area contributed by atoms with Crippen LogP contribution in [-0.4, -0.2) is 41.5 Å². The van der Waals surface area contributed by atoms with Crippen LogP contribution in [0.15, 0.2) is 49.3 Å². The van der Waals surface area contributed by atoms with Crippen molar-refractivity contribution in [1.29, 1.82) is 0 Å². The molecule has 4 aromatic rings. The maximum absolute atomic E-state index is 13.7. The number of amides is 2. The van der Waals surface area contributed by atoms with Gasteiger partial charge in [0.15, 0.2) is 5.82 Å². The van der Waals surface area contributed by atoms with E-state index in [1.54, 1.807) is 25.4 Å². The minimum atomic E-state index is -3.28. The Bertz CT molecular complexity index is 1380. The zero-order valence-electron chi connectivity index (χ0n) is 17.8. The molecule has 0 aromatic carbocycles. The SMILES string of the molecule is CC(NC(=O)c1cc(-n2cccn2)ncn1)c1ncc(C(=O)Nc2cc(C(F)(F)P)c(Cl)cn2)s1. The molecule has 0 aliphatic heterocycles. The van der Waals surface area contributed by atoms with Crippen LogP contribution < -0.4 is 10.6 Å². The number of hydrogen-bond donors (Lipinski definition) is 2. The molecule has 10 nitrogen and oxygen atoms in total. The van der Waals surface area contributed by atoms with Crippen LogP contribution in [0.2, 0.25) is 5.02 Å². The highest BCUT2D eigenvalue weighted by atomic mass is 35.5. The molecule has 0 aliphatic rings. The summed E-state index contributed by atoms with van der Waals surface area (Å²) >= 11 is 6.80. The van der Waals surface area contributed by atoms with Gasteiger partial charge in [-0.05, 0) is 19.1 Å². The first-order valence-electron chi connectivity index (χ1n) is 9.84. The fourth-order valence-corrected chi connectivity index (χ4v) is 4.24. The lowest BCUT2D eigenvalue weighted by atomic mass is 10.2. The summed E-state index contributed by atoms with van der Waals surface area (Å²) in [6.07, 6.45) is 6.87. The molecule has 2 atom stereocenters. The number of hydrogen-bond acceptors (Lipinski definition) is 8. The third kappa shape index (κ3) is 5.81. The average molecular weight is 537 g/mol. The van der Waals surface area contributed by atoms with Crippen LogP contribution in [0.3, 0.4) is 0 Å². The van der Waals surface area contributed by atoms with E-state index in [4.69, 9.17) is 11.6 Å². The summed E-state index contributed by atoms with van der Waals surface area (Å²) < 4.78 is 28.8. The number of aromatic nitrogens is 6. The number of nitrogens with one attached hydrogen (secondary N) is 2. The summed E-state index contributed by atoms with van der Waals surface area (Å²) in [5, 5.41) is 9.49. The van der Waals surface area contributed by atoms with Gasteiger partial charge in [-0.25, -0.2) is 24.6 Å². The third-order valence-electron chi connectivity index (χ3n) is 4.55. The Balaban J connectivity index is 1.42. The second-order valence-corrected chi connectivity index (χ2v) is 9.29. The van der Waals surface area contributed by atoms with Crippen molar-refractivity contribution in [3.8, 4) is 5.82 Å². The number of halogens is 3. The molecule has 4 rings (SSSR count). The van der Waals surface area contributed by atoms with Gasteiger partial charge in [-0.2, -0.15) is 13.9 Å². The van der Waals surface area contributed by atoms with Gasteiger partial charge < -0.3 is 10.6 Å². The highest BCUT2D eigenvalue weighted by Crippen LogP contribution is 2.39. The van der Waals surface area contributed by atoms with Crippen LogP contribution in [-0.2, 0) is 5.66 Å². The molecule has 0 fully saturated rings. The predicted molar refractivity (Wildman–Crippen MR) is 128 cm³/mol. The van der Waals surface area contributed by atoms with Crippen LogP contribution in [0.1, 0.15) is 43.7 Å². The Labute approximate surface area is 208 Å². The molecular weight excluding hydrogens is 521 g/mol. The molecule has 2 unspecified atom stereocenters. The first-order valence-corrected chi connectivity index (χ1v) is 11.6. The number of alkyl halides is 2. The molecule has 2 N–H and O–H groups in total. The van der Waals surface area contributed by atoms with Crippen molar-refractivity contribution in [2.75, 3.05) is 5.32 Å². The minimum absolute atomic E-state index is 0.0930. The van der Waals surface area contributed by atoms with Crippen LogP contribution >= 0.6 is 32.2 Å². The van der Waals surface area contributed by atoms with Gasteiger partial charge in [-0.3, -0.25) is 9.59 Å². The molecule has 4 heterocycles. The summed E-state index contributed by atoms with van der Waals surface area (Å²) in [6, 6.07) is 3.66. The highest BCUT2D eigenvalue weighted by molar-refractivity contribution is 7.17. The van der Waals surface area contributed by atoms with Crippen LogP contribution in [0.4, 0.5) is 14.6 Å². The number of carbonyl (C=O) groups excluding carboxylic acids is 2. The number of nitrogens with zero attached hydrogens (tertiary/aromatic N) is 6. The molecule has 0 bridgehead atoms. The molecule has 0 spiro atoms. The van der Waals surface area contributed by atoms with E-state index in [9.17, 15) is 18.4 Å². The van der Waals surface area contributed by atoms with Gasteiger partial charge in [0.05, 0.1) is 17.3 Å². The van der Waals surface area contributed by atoms with Gasteiger partial charge in [0.25, 0.3) is 17.5 Å². The first-order chi connectivity index (χ1) is 16.6. The maximum Gasteiger partial charge on any atom is 0.285 e. The van der Waals surface area contributed by atoms with Crippen molar-refractivity contribution in [3.63, 3.8) is 0 Å². The van der Waals surface area contributed by atoms with Crippen molar-refractivity contribution in [2.24, 2.45) is 0 Å². The number of pyridine rings is 1. The molecular formula is C20H16ClF2N8O2PS. The second kappa shape index (κ2) is 10.1. The maximum atomic E-state index is 13.7. The lowest BCUT2D eigenvalue weighted by molar-refractivity contribution is 0.0933. The normalized spacial score (nSPS) is 12.3. The molecule has 0 saturated carbocycles. The smallest absolute Gasteiger partial charge is 0.285 e. The van der Waals surface area contributed by atoms with E-state index in [0.717, 1.165) is 23.6 Å². The van der Waals surface area contributed by atoms with Gasteiger partial charge >= 0.3 is 0 Å². The van der Waals surface area contributed by atoms with E-state index in [2.05, 4.69) is 35.7 Å². The lowest BCUT2D eigenvalue weighted by Gasteiger charge is -2.13. The summed E-state index contributed by atoms with van der Waals surface area (Å²) in [4.78, 5) is 41.5. The van der Waals surface area contributed by atoms with Crippen molar-refractivity contribution >= 4 is 49.8 Å². The zero-order valence-corrected chi connectivity index (χ0v) is 20.5. The number of anilines is 1. The van der Waals surface area contributed by atoms with E-state index in [0.29, 0.717) is 10.8 Å². The number of thiazole rings is 1. The quantitative estimate of drug-likeness (QED) is 0.343. The Morgan fingerprint density at radius 2 is 1.97 bits per heavy atom. The van der Waals surface area contributed by atoms with Crippen LogP contribution in [0.25, 0.3) is 5.82 Å². The number of carbonyl (C=O) groups is 2. The topological polar surface area (TPSA) is 128 Å². The van der Waals surface area contributed by atoms with E-state index in [1.807, 2.05) is 0 Å². The number of rotatable bonds is 7. The van der Waals surface area contributed by atoms with Crippen LogP contribution in [0, 0.1) is 0 Å². The fraction of sp³-hybridized carbons (Fsp3) is 0.150. The van der Waals surface area contributed by atoms with Crippen molar-refractivity contribution in [3.05, 3.63) is 75.5 Å². The van der Waals surface area contributed by atoms with E-state index in [-0.39, 0.29) is 21.4 Å². The largest absolute Gasteiger partial charge is 0.342 e. The Morgan fingerprint density at radius 3 is 2.69 bits per heavy atom. The standard InChI is InChI=1S/C20H16ClF2N8O2PS/c1-10(29-17(32)13-6-16(27-9-26-13)31-4-2-3-28-31)19-25-8-14(35-19)18(33)30-15-5-11(20(22,23)34)12(21)7-24-15/h2-10H,34H2,1H3,(H,29,32)(H,24,30,33). The first kappa shape index (κ1) is 24.7. The Morgan fingerprint density at radius 1 is 1.17 bits per heavy atom. The van der Waals surface area contributed by atoms with Gasteiger partial charge in [-0.1, -0.05) is 20.8 Å². The summed E-state index contributed by atoms with van der Waals surface area (Å²) in [7, 11) is 1.38. The average Bonchev–Trinajstić information content (AvgIpc) is 3.52. The monoisotopic (exact) mass is 536 g/mol.